The molecule has 81 valence electrons. The quantitative estimate of drug-likeness (QED) is 0.725. The molecule has 0 saturated carbocycles. The van der Waals surface area contributed by atoms with Crippen LogP contribution in [-0.4, -0.2) is 24.5 Å². The standard InChI is InChI=1S/C12H14F2N/c1-2-15-6-5-10(8-15)9-3-4-11(13)12(14)7-9/h3-5,7,10H,2,6,8H2,1H3/t10-/m0/s1. The smallest absolute Gasteiger partial charge is 0.159 e. The first-order chi connectivity index (χ1) is 7.20. The molecule has 0 aromatic heterocycles. The molecule has 1 aromatic carbocycles. The Labute approximate surface area is 88.7 Å². The summed E-state index contributed by atoms with van der Waals surface area (Å²) in [6.45, 7) is 4.93. The van der Waals surface area contributed by atoms with Gasteiger partial charge in [0.15, 0.2) is 11.6 Å². The highest BCUT2D eigenvalue weighted by Crippen LogP contribution is 2.26. The number of likely N-dealkylation sites (N-methyl/N-ethyl adjacent to an activating group) is 1. The molecule has 1 aromatic rings. The number of likely N-dealkylation sites (tertiary alicyclic amines) is 1. The van der Waals surface area contributed by atoms with Crippen LogP contribution in [0.1, 0.15) is 18.4 Å². The Morgan fingerprint density at radius 3 is 2.73 bits per heavy atom. The highest BCUT2D eigenvalue weighted by Gasteiger charge is 2.23. The summed E-state index contributed by atoms with van der Waals surface area (Å²) < 4.78 is 25.7. The lowest BCUT2D eigenvalue weighted by atomic mass is 9.98. The molecule has 3 heteroatoms. The van der Waals surface area contributed by atoms with Crippen molar-refractivity contribution in [3.05, 3.63) is 41.8 Å². The van der Waals surface area contributed by atoms with Gasteiger partial charge < -0.3 is 4.90 Å². The molecule has 2 rings (SSSR count). The molecule has 1 saturated heterocycles. The number of hydrogen-bond acceptors (Lipinski definition) is 1. The van der Waals surface area contributed by atoms with E-state index in [4.69, 9.17) is 0 Å². The van der Waals surface area contributed by atoms with Crippen molar-refractivity contribution in [3.63, 3.8) is 0 Å². The minimum atomic E-state index is -0.774. The first-order valence-electron chi connectivity index (χ1n) is 5.21. The molecule has 0 unspecified atom stereocenters. The monoisotopic (exact) mass is 210 g/mol. The third-order valence-corrected chi connectivity index (χ3v) is 2.92. The maximum absolute atomic E-state index is 13.0. The van der Waals surface area contributed by atoms with Gasteiger partial charge in [-0.05, 0) is 30.7 Å². The van der Waals surface area contributed by atoms with Gasteiger partial charge in [0.25, 0.3) is 0 Å². The minimum Gasteiger partial charge on any atom is -0.303 e. The maximum Gasteiger partial charge on any atom is 0.159 e. The van der Waals surface area contributed by atoms with Crippen molar-refractivity contribution in [1.29, 1.82) is 0 Å². The Morgan fingerprint density at radius 1 is 1.33 bits per heavy atom. The molecular weight excluding hydrogens is 196 g/mol. The molecular formula is C12H14F2N. The third kappa shape index (κ3) is 2.17. The van der Waals surface area contributed by atoms with E-state index in [1.54, 1.807) is 6.07 Å². The lowest BCUT2D eigenvalue weighted by Crippen LogP contribution is -2.19. The van der Waals surface area contributed by atoms with Crippen LogP contribution in [0.4, 0.5) is 8.78 Å². The first kappa shape index (κ1) is 10.6. The van der Waals surface area contributed by atoms with E-state index in [9.17, 15) is 8.78 Å². The van der Waals surface area contributed by atoms with E-state index in [0.717, 1.165) is 25.2 Å². The number of nitrogens with zero attached hydrogens (tertiary/aromatic N) is 1. The van der Waals surface area contributed by atoms with Gasteiger partial charge in [0.05, 0.1) is 0 Å². The van der Waals surface area contributed by atoms with E-state index in [2.05, 4.69) is 18.2 Å². The second-order valence-corrected chi connectivity index (χ2v) is 3.87. The summed E-state index contributed by atoms with van der Waals surface area (Å²) in [7, 11) is 0. The van der Waals surface area contributed by atoms with Crippen LogP contribution in [0, 0.1) is 18.1 Å². The third-order valence-electron chi connectivity index (χ3n) is 2.92. The van der Waals surface area contributed by atoms with Crippen molar-refractivity contribution in [2.24, 2.45) is 0 Å². The normalized spacial score (nSPS) is 22.2. The molecule has 0 aliphatic carbocycles. The van der Waals surface area contributed by atoms with Gasteiger partial charge in [-0.2, -0.15) is 0 Å². The Balaban J connectivity index is 2.13. The number of benzene rings is 1. The van der Waals surface area contributed by atoms with Gasteiger partial charge in [-0.15, -0.1) is 0 Å². The summed E-state index contributed by atoms with van der Waals surface area (Å²) in [6.07, 6.45) is 2.15. The topological polar surface area (TPSA) is 3.24 Å². The molecule has 1 radical (unpaired) electrons. The summed E-state index contributed by atoms with van der Waals surface area (Å²) in [5, 5.41) is 0. The predicted molar refractivity (Wildman–Crippen MR) is 55.5 cm³/mol. The van der Waals surface area contributed by atoms with E-state index in [1.165, 1.54) is 12.1 Å². The first-order valence-corrected chi connectivity index (χ1v) is 5.21. The Hall–Kier alpha value is -0.960. The van der Waals surface area contributed by atoms with Crippen LogP contribution >= 0.6 is 0 Å². The van der Waals surface area contributed by atoms with Gasteiger partial charge in [0.2, 0.25) is 0 Å². The van der Waals surface area contributed by atoms with Crippen LogP contribution in [0.5, 0.6) is 0 Å². The zero-order valence-electron chi connectivity index (χ0n) is 8.71. The van der Waals surface area contributed by atoms with Crippen molar-refractivity contribution in [2.75, 3.05) is 19.6 Å². The Kier molecular flexibility index (Phi) is 3.00. The van der Waals surface area contributed by atoms with Crippen molar-refractivity contribution in [1.82, 2.24) is 4.90 Å². The number of rotatable bonds is 2. The summed E-state index contributed by atoms with van der Waals surface area (Å²) >= 11 is 0. The molecule has 0 bridgehead atoms. The molecule has 0 spiro atoms. The Morgan fingerprint density at radius 2 is 2.13 bits per heavy atom. The largest absolute Gasteiger partial charge is 0.303 e. The summed E-state index contributed by atoms with van der Waals surface area (Å²) in [6, 6.07) is 4.17. The van der Waals surface area contributed by atoms with Crippen molar-refractivity contribution >= 4 is 0 Å². The van der Waals surface area contributed by atoms with E-state index >= 15 is 0 Å². The lowest BCUT2D eigenvalue weighted by molar-refractivity contribution is 0.357. The molecule has 1 aliphatic rings. The Bertz CT molecular complexity index is 351. The van der Waals surface area contributed by atoms with E-state index < -0.39 is 11.6 Å². The van der Waals surface area contributed by atoms with Gasteiger partial charge in [0.1, 0.15) is 0 Å². The summed E-state index contributed by atoms with van der Waals surface area (Å²) in [5.41, 5.74) is 0.866. The summed E-state index contributed by atoms with van der Waals surface area (Å²) in [5.74, 6) is -1.29. The second kappa shape index (κ2) is 4.27. The highest BCUT2D eigenvalue weighted by atomic mass is 19.2. The zero-order chi connectivity index (χ0) is 10.8. The lowest BCUT2D eigenvalue weighted by Gasteiger charge is -2.13. The molecule has 1 nitrogen and oxygen atoms in total. The average Bonchev–Trinajstić information content (AvgIpc) is 2.70. The minimum absolute atomic E-state index is 0.236. The molecule has 1 fully saturated rings. The number of hydrogen-bond donors (Lipinski definition) is 0. The zero-order valence-corrected chi connectivity index (χ0v) is 8.71. The predicted octanol–water partition coefficient (Wildman–Crippen LogP) is 2.59. The molecule has 0 N–H and O–H groups in total. The van der Waals surface area contributed by atoms with Gasteiger partial charge in [-0.25, -0.2) is 8.78 Å². The van der Waals surface area contributed by atoms with Crippen LogP contribution in [0.25, 0.3) is 0 Å². The molecule has 1 atom stereocenters. The van der Waals surface area contributed by atoms with E-state index in [1.807, 2.05) is 0 Å². The fourth-order valence-corrected chi connectivity index (χ4v) is 1.95. The van der Waals surface area contributed by atoms with Gasteiger partial charge in [0, 0.05) is 19.0 Å². The van der Waals surface area contributed by atoms with Gasteiger partial charge in [-0.3, -0.25) is 0 Å². The van der Waals surface area contributed by atoms with Crippen LogP contribution in [0.3, 0.4) is 0 Å². The fourth-order valence-electron chi connectivity index (χ4n) is 1.95. The fraction of sp³-hybridized carbons (Fsp3) is 0.417. The van der Waals surface area contributed by atoms with Crippen molar-refractivity contribution in [2.45, 2.75) is 12.8 Å². The van der Waals surface area contributed by atoms with Gasteiger partial charge in [-0.1, -0.05) is 13.0 Å². The van der Waals surface area contributed by atoms with E-state index in [-0.39, 0.29) is 5.92 Å². The molecule has 0 amide bonds. The molecule has 1 aliphatic heterocycles. The molecule has 1 heterocycles. The average molecular weight is 210 g/mol. The van der Waals surface area contributed by atoms with E-state index in [0.29, 0.717) is 0 Å². The van der Waals surface area contributed by atoms with Crippen molar-refractivity contribution in [3.8, 4) is 0 Å². The van der Waals surface area contributed by atoms with Crippen LogP contribution in [0.15, 0.2) is 18.2 Å². The van der Waals surface area contributed by atoms with Crippen molar-refractivity contribution < 1.29 is 8.78 Å². The maximum atomic E-state index is 13.0. The van der Waals surface area contributed by atoms with Crippen LogP contribution in [0.2, 0.25) is 0 Å². The molecule has 15 heavy (non-hydrogen) atoms. The number of halogens is 2. The second-order valence-electron chi connectivity index (χ2n) is 3.87. The SMILES string of the molecule is CCN1C[CH][C@H](c2ccc(F)c(F)c2)C1. The van der Waals surface area contributed by atoms with Crippen LogP contribution < -0.4 is 0 Å². The highest BCUT2D eigenvalue weighted by molar-refractivity contribution is 5.26. The van der Waals surface area contributed by atoms with Crippen LogP contribution in [-0.2, 0) is 0 Å². The summed E-state index contributed by atoms with van der Waals surface area (Å²) in [4.78, 5) is 2.27. The van der Waals surface area contributed by atoms with Gasteiger partial charge >= 0.3 is 0 Å².